The van der Waals surface area contributed by atoms with Crippen LogP contribution in [-0.2, 0) is 16.1 Å². The van der Waals surface area contributed by atoms with Gasteiger partial charge in [0.05, 0.1) is 12.5 Å². The minimum Gasteiger partial charge on any atom is -0.469 e. The predicted octanol–water partition coefficient (Wildman–Crippen LogP) is 1.79. The van der Waals surface area contributed by atoms with Crippen LogP contribution in [0.25, 0.3) is 0 Å². The minimum atomic E-state index is -0.216. The van der Waals surface area contributed by atoms with Crippen LogP contribution in [0.1, 0.15) is 17.7 Å². The van der Waals surface area contributed by atoms with E-state index in [0.717, 1.165) is 25.9 Å². The monoisotopic (exact) mass is 225 g/mol. The van der Waals surface area contributed by atoms with E-state index in [2.05, 4.69) is 16.8 Å². The van der Waals surface area contributed by atoms with Gasteiger partial charge in [0.2, 0.25) is 0 Å². The molecule has 0 amide bonds. The van der Waals surface area contributed by atoms with Crippen LogP contribution in [0.3, 0.4) is 0 Å². The highest BCUT2D eigenvalue weighted by Gasteiger charge is 2.50. The third-order valence-electron chi connectivity index (χ3n) is 2.81. The van der Waals surface area contributed by atoms with Crippen molar-refractivity contribution in [2.24, 2.45) is 5.41 Å². The largest absolute Gasteiger partial charge is 0.469 e. The second kappa shape index (κ2) is 4.33. The third-order valence-corrected chi connectivity index (χ3v) is 3.69. The van der Waals surface area contributed by atoms with E-state index in [1.54, 1.807) is 11.3 Å². The fraction of sp³-hybridized carbons (Fsp3) is 0.545. The molecular formula is C11H15NO2S. The van der Waals surface area contributed by atoms with Crippen molar-refractivity contribution in [3.8, 4) is 0 Å². The fourth-order valence-electron chi connectivity index (χ4n) is 1.66. The van der Waals surface area contributed by atoms with Gasteiger partial charge in [-0.15, -0.1) is 11.3 Å². The molecule has 4 heteroatoms. The molecule has 0 bridgehead atoms. The highest BCUT2D eigenvalue weighted by Crippen LogP contribution is 2.46. The van der Waals surface area contributed by atoms with Gasteiger partial charge in [-0.05, 0) is 24.3 Å². The number of thiophene rings is 1. The van der Waals surface area contributed by atoms with Gasteiger partial charge < -0.3 is 10.1 Å². The molecule has 1 saturated carbocycles. The zero-order valence-electron chi connectivity index (χ0n) is 8.79. The van der Waals surface area contributed by atoms with Crippen LogP contribution in [0.5, 0.6) is 0 Å². The second-order valence-corrected chi connectivity index (χ2v) is 4.99. The van der Waals surface area contributed by atoms with E-state index in [1.807, 2.05) is 6.07 Å². The van der Waals surface area contributed by atoms with Crippen molar-refractivity contribution in [3.63, 3.8) is 0 Å². The Labute approximate surface area is 93.4 Å². The van der Waals surface area contributed by atoms with E-state index >= 15 is 0 Å². The number of rotatable bonds is 5. The fourth-order valence-corrected chi connectivity index (χ4v) is 2.33. The van der Waals surface area contributed by atoms with Gasteiger partial charge in [0, 0.05) is 18.0 Å². The van der Waals surface area contributed by atoms with Crippen LogP contribution >= 0.6 is 11.3 Å². The maximum Gasteiger partial charge on any atom is 0.313 e. The van der Waals surface area contributed by atoms with Crippen LogP contribution in [0.4, 0.5) is 0 Å². The number of carbonyl (C=O) groups is 1. The molecule has 0 aromatic carbocycles. The van der Waals surface area contributed by atoms with Crippen molar-refractivity contribution < 1.29 is 9.53 Å². The van der Waals surface area contributed by atoms with E-state index in [4.69, 9.17) is 4.74 Å². The quantitative estimate of drug-likeness (QED) is 0.776. The summed E-state index contributed by atoms with van der Waals surface area (Å²) in [6.07, 6.45) is 1.91. The van der Waals surface area contributed by atoms with Crippen LogP contribution < -0.4 is 5.32 Å². The van der Waals surface area contributed by atoms with Gasteiger partial charge in [-0.2, -0.15) is 0 Å². The summed E-state index contributed by atoms with van der Waals surface area (Å²) in [5.41, 5.74) is -0.216. The summed E-state index contributed by atoms with van der Waals surface area (Å²) in [4.78, 5) is 12.7. The van der Waals surface area contributed by atoms with E-state index in [0.29, 0.717) is 0 Å². The molecule has 1 fully saturated rings. The second-order valence-electron chi connectivity index (χ2n) is 3.95. The lowest BCUT2D eigenvalue weighted by molar-refractivity contribution is -0.146. The molecule has 1 aliphatic rings. The Morgan fingerprint density at radius 2 is 2.47 bits per heavy atom. The number of methoxy groups -OCH3 is 1. The summed E-state index contributed by atoms with van der Waals surface area (Å²) in [5, 5.41) is 5.38. The number of ether oxygens (including phenoxy) is 1. The molecule has 0 spiro atoms. The van der Waals surface area contributed by atoms with Crippen molar-refractivity contribution in [1.82, 2.24) is 5.32 Å². The van der Waals surface area contributed by atoms with Crippen molar-refractivity contribution in [1.29, 1.82) is 0 Å². The summed E-state index contributed by atoms with van der Waals surface area (Å²) in [6, 6.07) is 4.13. The zero-order chi connectivity index (χ0) is 10.7. The van der Waals surface area contributed by atoms with Gasteiger partial charge in [-0.3, -0.25) is 4.79 Å². The van der Waals surface area contributed by atoms with Crippen LogP contribution in [0.15, 0.2) is 17.5 Å². The molecule has 1 aliphatic carbocycles. The smallest absolute Gasteiger partial charge is 0.313 e. The summed E-state index contributed by atoms with van der Waals surface area (Å²) < 4.78 is 4.79. The van der Waals surface area contributed by atoms with Crippen molar-refractivity contribution in [2.45, 2.75) is 19.4 Å². The Balaban J connectivity index is 1.77. The Morgan fingerprint density at radius 3 is 3.00 bits per heavy atom. The Hall–Kier alpha value is -0.870. The van der Waals surface area contributed by atoms with Crippen LogP contribution in [0.2, 0.25) is 0 Å². The SMILES string of the molecule is COC(=O)C1(CNCc2cccs2)CC1. The van der Waals surface area contributed by atoms with Gasteiger partial charge in [-0.25, -0.2) is 0 Å². The van der Waals surface area contributed by atoms with E-state index in [1.165, 1.54) is 12.0 Å². The first-order valence-electron chi connectivity index (χ1n) is 5.08. The van der Waals surface area contributed by atoms with Crippen molar-refractivity contribution in [3.05, 3.63) is 22.4 Å². The Kier molecular flexibility index (Phi) is 3.07. The maximum absolute atomic E-state index is 11.4. The first-order chi connectivity index (χ1) is 7.27. The highest BCUT2D eigenvalue weighted by molar-refractivity contribution is 7.09. The summed E-state index contributed by atoms with van der Waals surface area (Å²) >= 11 is 1.73. The van der Waals surface area contributed by atoms with Crippen molar-refractivity contribution in [2.75, 3.05) is 13.7 Å². The topological polar surface area (TPSA) is 38.3 Å². The third kappa shape index (κ3) is 2.38. The molecule has 0 atom stereocenters. The minimum absolute atomic E-state index is 0.0684. The molecule has 3 nitrogen and oxygen atoms in total. The molecule has 1 N–H and O–H groups in total. The number of hydrogen-bond donors (Lipinski definition) is 1. The Morgan fingerprint density at radius 1 is 1.67 bits per heavy atom. The normalized spacial score (nSPS) is 17.4. The van der Waals surface area contributed by atoms with Crippen LogP contribution in [-0.4, -0.2) is 19.6 Å². The highest BCUT2D eigenvalue weighted by atomic mass is 32.1. The lowest BCUT2D eigenvalue weighted by Crippen LogP contribution is -2.30. The lowest BCUT2D eigenvalue weighted by Gasteiger charge is -2.12. The molecule has 1 heterocycles. The van der Waals surface area contributed by atoms with Crippen molar-refractivity contribution >= 4 is 17.3 Å². The molecule has 1 aromatic rings. The van der Waals surface area contributed by atoms with Gasteiger partial charge in [0.25, 0.3) is 0 Å². The molecular weight excluding hydrogens is 210 g/mol. The molecule has 0 unspecified atom stereocenters. The molecule has 82 valence electrons. The molecule has 0 radical (unpaired) electrons. The number of esters is 1. The predicted molar refractivity (Wildman–Crippen MR) is 59.7 cm³/mol. The molecule has 0 saturated heterocycles. The van der Waals surface area contributed by atoms with Gasteiger partial charge in [0.1, 0.15) is 0 Å². The molecule has 1 aromatic heterocycles. The summed E-state index contributed by atoms with van der Waals surface area (Å²) in [6.45, 7) is 1.58. The molecule has 0 aliphatic heterocycles. The summed E-state index contributed by atoms with van der Waals surface area (Å²) in [5.74, 6) is -0.0684. The van der Waals surface area contributed by atoms with E-state index < -0.39 is 0 Å². The van der Waals surface area contributed by atoms with Gasteiger partial charge in [-0.1, -0.05) is 6.07 Å². The first-order valence-corrected chi connectivity index (χ1v) is 5.96. The van der Waals surface area contributed by atoms with Crippen LogP contribution in [0, 0.1) is 5.41 Å². The average Bonchev–Trinajstić information content (AvgIpc) is 2.86. The zero-order valence-corrected chi connectivity index (χ0v) is 9.60. The van der Waals surface area contributed by atoms with E-state index in [-0.39, 0.29) is 11.4 Å². The Bertz CT molecular complexity index is 330. The van der Waals surface area contributed by atoms with Gasteiger partial charge in [0.15, 0.2) is 0 Å². The standard InChI is InChI=1S/C11H15NO2S/c1-14-10(13)11(4-5-11)8-12-7-9-3-2-6-15-9/h2-3,6,12H,4-5,7-8H2,1H3. The lowest BCUT2D eigenvalue weighted by atomic mass is 10.1. The molecule has 2 rings (SSSR count). The maximum atomic E-state index is 11.4. The van der Waals surface area contributed by atoms with Gasteiger partial charge >= 0.3 is 5.97 Å². The average molecular weight is 225 g/mol. The van der Waals surface area contributed by atoms with E-state index in [9.17, 15) is 4.79 Å². The number of hydrogen-bond acceptors (Lipinski definition) is 4. The first kappa shape index (κ1) is 10.6. The number of carbonyl (C=O) groups excluding carboxylic acids is 1. The summed E-state index contributed by atoms with van der Waals surface area (Å²) in [7, 11) is 1.46. The number of nitrogens with one attached hydrogen (secondary N) is 1. The molecule has 15 heavy (non-hydrogen) atoms.